The first-order chi connectivity index (χ1) is 11.1. The largest absolute Gasteiger partial charge is 0.353 e. The Hall–Kier alpha value is -1.63. The summed E-state index contributed by atoms with van der Waals surface area (Å²) in [5.41, 5.74) is 1.82. The molecule has 5 nitrogen and oxygen atoms in total. The number of amidine groups is 1. The quantitative estimate of drug-likeness (QED) is 0.792. The molecule has 3 heterocycles. The summed E-state index contributed by atoms with van der Waals surface area (Å²) in [6, 6.07) is 5.75. The van der Waals surface area contributed by atoms with Gasteiger partial charge in [0.15, 0.2) is 11.7 Å². The van der Waals surface area contributed by atoms with Crippen molar-refractivity contribution in [3.8, 4) is 0 Å². The van der Waals surface area contributed by atoms with E-state index in [0.717, 1.165) is 59.1 Å². The summed E-state index contributed by atoms with van der Waals surface area (Å²) in [6.45, 7) is 6.07. The van der Waals surface area contributed by atoms with Crippen molar-refractivity contribution in [1.82, 2.24) is 14.8 Å². The number of rotatable bonds is 0. The first-order valence-corrected chi connectivity index (χ1v) is 8.86. The third-order valence-corrected chi connectivity index (χ3v) is 5.38. The topological polar surface area (TPSA) is 43.8 Å². The molecule has 2 aliphatic heterocycles. The van der Waals surface area contributed by atoms with E-state index in [4.69, 9.17) is 16.6 Å². The maximum absolute atomic E-state index is 6.16. The van der Waals surface area contributed by atoms with Gasteiger partial charge in [0.05, 0.1) is 16.4 Å². The number of anilines is 2. The first-order valence-electron chi connectivity index (χ1n) is 7.67. The van der Waals surface area contributed by atoms with Gasteiger partial charge in [-0.2, -0.15) is 0 Å². The number of aromatic nitrogens is 1. The highest BCUT2D eigenvalue weighted by Crippen LogP contribution is 2.38. The summed E-state index contributed by atoms with van der Waals surface area (Å²) in [5, 5.41) is 5.16. The van der Waals surface area contributed by atoms with Gasteiger partial charge in [-0.1, -0.05) is 11.6 Å². The maximum Gasteiger partial charge on any atom is 0.152 e. The zero-order valence-corrected chi connectivity index (χ0v) is 14.7. The van der Waals surface area contributed by atoms with Crippen molar-refractivity contribution in [2.24, 2.45) is 4.99 Å². The van der Waals surface area contributed by atoms with Crippen LogP contribution < -0.4 is 5.32 Å². The van der Waals surface area contributed by atoms with E-state index < -0.39 is 0 Å². The second-order valence-corrected chi connectivity index (χ2v) is 7.56. The predicted octanol–water partition coefficient (Wildman–Crippen LogP) is 3.49. The van der Waals surface area contributed by atoms with Crippen LogP contribution in [0.2, 0.25) is 5.02 Å². The molecule has 1 N–H and O–H groups in total. The van der Waals surface area contributed by atoms with Gasteiger partial charge in [-0.15, -0.1) is 11.3 Å². The number of aliphatic imine (C=N–C) groups is 1. The number of hydrogen-bond acceptors (Lipinski definition) is 6. The lowest BCUT2D eigenvalue weighted by atomic mass is 10.2. The molecule has 23 heavy (non-hydrogen) atoms. The molecule has 1 aromatic heterocycles. The van der Waals surface area contributed by atoms with Crippen molar-refractivity contribution in [2.45, 2.75) is 6.92 Å². The number of hydrogen-bond donors (Lipinski definition) is 1. The molecule has 1 fully saturated rings. The van der Waals surface area contributed by atoms with Crippen LogP contribution in [0.15, 0.2) is 23.2 Å². The summed E-state index contributed by atoms with van der Waals surface area (Å²) in [7, 11) is 2.16. The molecule has 7 heteroatoms. The Balaban J connectivity index is 1.82. The van der Waals surface area contributed by atoms with Crippen LogP contribution in [0.3, 0.4) is 0 Å². The lowest BCUT2D eigenvalue weighted by Crippen LogP contribution is -2.47. The predicted molar refractivity (Wildman–Crippen MR) is 96.9 cm³/mol. The molecule has 4 rings (SSSR count). The third kappa shape index (κ3) is 2.82. The smallest absolute Gasteiger partial charge is 0.152 e. The lowest BCUT2D eigenvalue weighted by molar-refractivity contribution is 0.216. The summed E-state index contributed by atoms with van der Waals surface area (Å²) in [6.07, 6.45) is 0. The lowest BCUT2D eigenvalue weighted by Gasteiger charge is -2.34. The van der Waals surface area contributed by atoms with Crippen molar-refractivity contribution in [2.75, 3.05) is 38.5 Å². The Morgan fingerprint density at radius 1 is 1.22 bits per heavy atom. The molecule has 0 atom stereocenters. The molecule has 2 aromatic rings. The van der Waals surface area contributed by atoms with Crippen LogP contribution in [-0.4, -0.2) is 53.8 Å². The average molecular weight is 348 g/mol. The molecule has 0 spiro atoms. The van der Waals surface area contributed by atoms with E-state index in [1.807, 2.05) is 25.1 Å². The standard InChI is InChI=1S/C16H18ClN5S/c1-10-18-15-14(23-10)16(22-7-5-21(2)6-8-22)20-13-9-11(17)3-4-12(13)19-15/h3-4,9,19H,5-8H2,1-2H3. The molecule has 2 aliphatic rings. The van der Waals surface area contributed by atoms with Crippen LogP contribution in [0.4, 0.5) is 17.2 Å². The highest BCUT2D eigenvalue weighted by atomic mass is 35.5. The monoisotopic (exact) mass is 347 g/mol. The van der Waals surface area contributed by atoms with Crippen LogP contribution in [0.1, 0.15) is 9.88 Å². The Kier molecular flexibility index (Phi) is 3.75. The van der Waals surface area contributed by atoms with Crippen LogP contribution >= 0.6 is 22.9 Å². The number of nitrogens with one attached hydrogen (secondary N) is 1. The van der Waals surface area contributed by atoms with E-state index in [1.54, 1.807) is 11.3 Å². The van der Waals surface area contributed by atoms with Crippen molar-refractivity contribution in [3.63, 3.8) is 0 Å². The summed E-state index contributed by atoms with van der Waals surface area (Å²) >= 11 is 7.85. The number of likely N-dealkylation sites (N-methyl/N-ethyl adjacent to an activating group) is 1. The van der Waals surface area contributed by atoms with Crippen molar-refractivity contribution in [3.05, 3.63) is 33.1 Å². The summed E-state index contributed by atoms with van der Waals surface area (Å²) < 4.78 is 0. The molecular weight excluding hydrogens is 330 g/mol. The fourth-order valence-electron chi connectivity index (χ4n) is 2.89. The van der Waals surface area contributed by atoms with Gasteiger partial charge < -0.3 is 15.1 Å². The Bertz CT molecular complexity index is 777. The molecule has 0 radical (unpaired) electrons. The van der Waals surface area contributed by atoms with E-state index >= 15 is 0 Å². The second kappa shape index (κ2) is 5.78. The van der Waals surface area contributed by atoms with Crippen LogP contribution in [0, 0.1) is 6.92 Å². The normalized spacial score (nSPS) is 17.9. The number of benzene rings is 1. The van der Waals surface area contributed by atoms with Crippen molar-refractivity contribution < 1.29 is 0 Å². The summed E-state index contributed by atoms with van der Waals surface area (Å²) in [5.74, 6) is 1.90. The zero-order valence-electron chi connectivity index (χ0n) is 13.1. The zero-order chi connectivity index (χ0) is 16.0. The Morgan fingerprint density at radius 3 is 2.78 bits per heavy atom. The molecule has 0 amide bonds. The van der Waals surface area contributed by atoms with Gasteiger partial charge in [0.25, 0.3) is 0 Å². The van der Waals surface area contributed by atoms with E-state index in [-0.39, 0.29) is 0 Å². The van der Waals surface area contributed by atoms with Gasteiger partial charge in [-0.3, -0.25) is 0 Å². The Labute approximate surface area is 144 Å². The fourth-order valence-corrected chi connectivity index (χ4v) is 3.95. The molecule has 0 bridgehead atoms. The first kappa shape index (κ1) is 14.9. The fraction of sp³-hybridized carbons (Fsp3) is 0.375. The van der Waals surface area contributed by atoms with Gasteiger partial charge in [0.1, 0.15) is 4.88 Å². The molecular formula is C16H18ClN5S. The van der Waals surface area contributed by atoms with Crippen molar-refractivity contribution >= 4 is 46.0 Å². The number of halogens is 1. The van der Waals surface area contributed by atoms with E-state index in [0.29, 0.717) is 5.02 Å². The highest BCUT2D eigenvalue weighted by Gasteiger charge is 2.26. The van der Waals surface area contributed by atoms with Gasteiger partial charge in [0.2, 0.25) is 0 Å². The maximum atomic E-state index is 6.16. The average Bonchev–Trinajstić information content (AvgIpc) is 2.82. The molecule has 0 unspecified atom stereocenters. The number of aryl methyl sites for hydroxylation is 1. The molecule has 1 saturated heterocycles. The minimum absolute atomic E-state index is 0.696. The van der Waals surface area contributed by atoms with Crippen molar-refractivity contribution in [1.29, 1.82) is 0 Å². The minimum Gasteiger partial charge on any atom is -0.353 e. The van der Waals surface area contributed by atoms with Crippen LogP contribution in [0.5, 0.6) is 0 Å². The SMILES string of the molecule is Cc1nc2c(s1)C(N1CCN(C)CC1)=Nc1cc(Cl)ccc1N2. The third-order valence-electron chi connectivity index (χ3n) is 4.18. The number of piperazine rings is 1. The van der Waals surface area contributed by atoms with E-state index in [2.05, 4.69) is 27.1 Å². The molecule has 1 aromatic carbocycles. The van der Waals surface area contributed by atoms with E-state index in [9.17, 15) is 0 Å². The second-order valence-electron chi connectivity index (χ2n) is 5.92. The minimum atomic E-state index is 0.696. The molecule has 0 saturated carbocycles. The highest BCUT2D eigenvalue weighted by molar-refractivity contribution is 7.14. The summed E-state index contributed by atoms with van der Waals surface area (Å²) in [4.78, 5) is 15.4. The van der Waals surface area contributed by atoms with Gasteiger partial charge in [-0.05, 0) is 32.2 Å². The Morgan fingerprint density at radius 2 is 2.00 bits per heavy atom. The van der Waals surface area contributed by atoms with E-state index in [1.165, 1.54) is 0 Å². The van der Waals surface area contributed by atoms with Gasteiger partial charge >= 0.3 is 0 Å². The number of fused-ring (bicyclic) bond motifs is 2. The number of nitrogens with zero attached hydrogens (tertiary/aromatic N) is 4. The van der Waals surface area contributed by atoms with Gasteiger partial charge in [-0.25, -0.2) is 9.98 Å². The number of thiazole rings is 1. The molecule has 120 valence electrons. The van der Waals surface area contributed by atoms with Gasteiger partial charge in [0, 0.05) is 31.2 Å². The van der Waals surface area contributed by atoms with Crippen LogP contribution in [-0.2, 0) is 0 Å². The molecule has 0 aliphatic carbocycles. The van der Waals surface area contributed by atoms with Crippen LogP contribution in [0.25, 0.3) is 0 Å².